The minimum Gasteiger partial charge on any atom is -0.323 e. The highest BCUT2D eigenvalue weighted by molar-refractivity contribution is 7.13. The highest BCUT2D eigenvalue weighted by Crippen LogP contribution is 2.18. The molecule has 1 unspecified atom stereocenters. The van der Waals surface area contributed by atoms with Gasteiger partial charge < -0.3 is 11.1 Å². The van der Waals surface area contributed by atoms with Crippen LogP contribution < -0.4 is 11.1 Å². The van der Waals surface area contributed by atoms with Gasteiger partial charge in [-0.2, -0.15) is 0 Å². The second kappa shape index (κ2) is 3.64. The van der Waals surface area contributed by atoms with Crippen LogP contribution in [0.4, 0.5) is 5.13 Å². The molecule has 12 heavy (non-hydrogen) atoms. The van der Waals surface area contributed by atoms with Crippen LogP contribution in [-0.4, -0.2) is 10.9 Å². The highest BCUT2D eigenvalue weighted by atomic mass is 32.1. The summed E-state index contributed by atoms with van der Waals surface area (Å²) < 4.78 is 0. The second-order valence-electron chi connectivity index (χ2n) is 2.55. The Morgan fingerprint density at radius 3 is 2.92 bits per heavy atom. The number of carbonyl (C=O) groups is 1. The van der Waals surface area contributed by atoms with Crippen molar-refractivity contribution in [2.24, 2.45) is 5.73 Å². The minimum absolute atomic E-state index is 0.0799. The molecule has 0 aliphatic carbocycles. The largest absolute Gasteiger partial charge is 0.323 e. The third-order valence-electron chi connectivity index (χ3n) is 1.27. The van der Waals surface area contributed by atoms with Crippen LogP contribution in [0, 0.1) is 0 Å². The molecular weight excluding hydrogens is 174 g/mol. The third-order valence-corrected chi connectivity index (χ3v) is 2.05. The van der Waals surface area contributed by atoms with Gasteiger partial charge in [0.15, 0.2) is 5.13 Å². The zero-order valence-electron chi connectivity index (χ0n) is 7.00. The lowest BCUT2D eigenvalue weighted by molar-refractivity contribution is -0.114. The molecule has 66 valence electrons. The van der Waals surface area contributed by atoms with Crippen LogP contribution in [-0.2, 0) is 4.79 Å². The van der Waals surface area contributed by atoms with Crippen LogP contribution in [0.2, 0.25) is 0 Å². The molecule has 3 N–H and O–H groups in total. The predicted octanol–water partition coefficient (Wildman–Crippen LogP) is 1.12. The number of nitrogens with one attached hydrogen (secondary N) is 1. The molecule has 0 spiro atoms. The number of nitrogens with two attached hydrogens (primary N) is 1. The third kappa shape index (κ3) is 2.28. The Bertz CT molecular complexity index is 282. The topological polar surface area (TPSA) is 68.0 Å². The van der Waals surface area contributed by atoms with Crippen molar-refractivity contribution in [1.82, 2.24) is 4.98 Å². The fourth-order valence-corrected chi connectivity index (χ4v) is 1.56. The second-order valence-corrected chi connectivity index (χ2v) is 3.41. The molecule has 0 aliphatic heterocycles. The first-order valence-corrected chi connectivity index (χ1v) is 4.46. The van der Waals surface area contributed by atoms with Crippen molar-refractivity contribution in [1.29, 1.82) is 0 Å². The Balaban J connectivity index is 2.70. The average Bonchev–Trinajstić information content (AvgIpc) is 2.34. The maximum absolute atomic E-state index is 10.6. The SMILES string of the molecule is CC(=O)Nc1nc(C(C)N)cs1. The van der Waals surface area contributed by atoms with Gasteiger partial charge in [-0.05, 0) is 6.92 Å². The molecule has 5 heteroatoms. The number of hydrogen-bond donors (Lipinski definition) is 2. The smallest absolute Gasteiger partial charge is 0.223 e. The van der Waals surface area contributed by atoms with Gasteiger partial charge in [-0.25, -0.2) is 4.98 Å². The summed E-state index contributed by atoms with van der Waals surface area (Å²) in [5.41, 5.74) is 6.40. The van der Waals surface area contributed by atoms with E-state index in [1.165, 1.54) is 18.3 Å². The molecule has 0 fully saturated rings. The fraction of sp³-hybridized carbons (Fsp3) is 0.429. The minimum atomic E-state index is -0.111. The lowest BCUT2D eigenvalue weighted by Crippen LogP contribution is -2.08. The molecule has 1 aromatic heterocycles. The number of amides is 1. The number of nitrogens with zero attached hydrogens (tertiary/aromatic N) is 1. The zero-order chi connectivity index (χ0) is 9.14. The Hall–Kier alpha value is -0.940. The standard InChI is InChI=1S/C7H11N3OS/c1-4(8)6-3-12-7(10-6)9-5(2)11/h3-4H,8H2,1-2H3,(H,9,10,11). The fourth-order valence-electron chi connectivity index (χ4n) is 0.703. The van der Waals surface area contributed by atoms with Crippen LogP contribution in [0.3, 0.4) is 0 Å². The molecule has 0 bridgehead atoms. The normalized spacial score (nSPS) is 12.6. The van der Waals surface area contributed by atoms with E-state index in [2.05, 4.69) is 10.3 Å². The van der Waals surface area contributed by atoms with Crippen molar-refractivity contribution in [3.63, 3.8) is 0 Å². The summed E-state index contributed by atoms with van der Waals surface area (Å²) in [6.45, 7) is 3.31. The van der Waals surface area contributed by atoms with Crippen LogP contribution in [0.1, 0.15) is 25.6 Å². The Morgan fingerprint density at radius 2 is 2.50 bits per heavy atom. The molecule has 0 aromatic carbocycles. The van der Waals surface area contributed by atoms with Gasteiger partial charge in [-0.3, -0.25) is 4.79 Å². The number of carbonyl (C=O) groups excluding carboxylic acids is 1. The van der Waals surface area contributed by atoms with E-state index in [9.17, 15) is 4.79 Å². The first-order chi connectivity index (χ1) is 5.59. The number of hydrogen-bond acceptors (Lipinski definition) is 4. The number of rotatable bonds is 2. The number of anilines is 1. The van der Waals surface area contributed by atoms with E-state index in [1.54, 1.807) is 0 Å². The van der Waals surface area contributed by atoms with E-state index >= 15 is 0 Å². The molecular formula is C7H11N3OS. The Labute approximate surface area is 74.8 Å². The summed E-state index contributed by atoms with van der Waals surface area (Å²) in [5.74, 6) is -0.111. The van der Waals surface area contributed by atoms with Gasteiger partial charge in [-0.1, -0.05) is 0 Å². The van der Waals surface area contributed by atoms with E-state index < -0.39 is 0 Å². The van der Waals surface area contributed by atoms with Crippen LogP contribution in [0.5, 0.6) is 0 Å². The van der Waals surface area contributed by atoms with Crippen molar-refractivity contribution in [3.05, 3.63) is 11.1 Å². The molecule has 1 atom stereocenters. The van der Waals surface area contributed by atoms with E-state index in [0.717, 1.165) is 5.69 Å². The monoisotopic (exact) mass is 185 g/mol. The van der Waals surface area contributed by atoms with E-state index in [0.29, 0.717) is 5.13 Å². The van der Waals surface area contributed by atoms with Crippen molar-refractivity contribution >= 4 is 22.4 Å². The number of thiazole rings is 1. The van der Waals surface area contributed by atoms with Gasteiger partial charge in [0.25, 0.3) is 0 Å². The zero-order valence-corrected chi connectivity index (χ0v) is 7.81. The maximum Gasteiger partial charge on any atom is 0.223 e. The summed E-state index contributed by atoms with van der Waals surface area (Å²) >= 11 is 1.38. The summed E-state index contributed by atoms with van der Waals surface area (Å²) in [6, 6.07) is -0.0799. The van der Waals surface area contributed by atoms with Gasteiger partial charge in [-0.15, -0.1) is 11.3 Å². The first-order valence-electron chi connectivity index (χ1n) is 3.58. The molecule has 0 saturated carbocycles. The molecule has 1 rings (SSSR count). The molecule has 0 saturated heterocycles. The van der Waals surface area contributed by atoms with Crippen molar-refractivity contribution < 1.29 is 4.79 Å². The van der Waals surface area contributed by atoms with E-state index in [-0.39, 0.29) is 11.9 Å². The summed E-state index contributed by atoms with van der Waals surface area (Å²) in [6.07, 6.45) is 0. The summed E-state index contributed by atoms with van der Waals surface area (Å²) in [7, 11) is 0. The van der Waals surface area contributed by atoms with E-state index in [4.69, 9.17) is 5.73 Å². The molecule has 1 aromatic rings. The summed E-state index contributed by atoms with van der Waals surface area (Å²) in [5, 5.41) is 5.04. The van der Waals surface area contributed by atoms with Gasteiger partial charge in [0.1, 0.15) is 0 Å². The lowest BCUT2D eigenvalue weighted by atomic mass is 10.3. The van der Waals surface area contributed by atoms with E-state index in [1.807, 2.05) is 12.3 Å². The maximum atomic E-state index is 10.6. The van der Waals surface area contributed by atoms with Crippen molar-refractivity contribution in [3.8, 4) is 0 Å². The molecule has 1 amide bonds. The van der Waals surface area contributed by atoms with Crippen molar-refractivity contribution in [2.75, 3.05) is 5.32 Å². The number of aromatic nitrogens is 1. The van der Waals surface area contributed by atoms with Gasteiger partial charge in [0.05, 0.1) is 5.69 Å². The van der Waals surface area contributed by atoms with Gasteiger partial charge >= 0.3 is 0 Å². The summed E-state index contributed by atoms with van der Waals surface area (Å²) in [4.78, 5) is 14.7. The van der Waals surface area contributed by atoms with Crippen LogP contribution >= 0.6 is 11.3 Å². The molecule has 0 radical (unpaired) electrons. The molecule has 0 aliphatic rings. The highest BCUT2D eigenvalue weighted by Gasteiger charge is 2.05. The van der Waals surface area contributed by atoms with Gasteiger partial charge in [0, 0.05) is 18.3 Å². The average molecular weight is 185 g/mol. The lowest BCUT2D eigenvalue weighted by Gasteiger charge is -1.97. The molecule has 1 heterocycles. The van der Waals surface area contributed by atoms with Crippen molar-refractivity contribution in [2.45, 2.75) is 19.9 Å². The predicted molar refractivity (Wildman–Crippen MR) is 49.0 cm³/mol. The van der Waals surface area contributed by atoms with Crippen LogP contribution in [0.15, 0.2) is 5.38 Å². The Morgan fingerprint density at radius 1 is 1.83 bits per heavy atom. The first kappa shape index (κ1) is 9.15. The quantitative estimate of drug-likeness (QED) is 0.725. The Kier molecular flexibility index (Phi) is 2.78. The van der Waals surface area contributed by atoms with Crippen LogP contribution in [0.25, 0.3) is 0 Å². The molecule has 4 nitrogen and oxygen atoms in total. The van der Waals surface area contributed by atoms with Gasteiger partial charge in [0.2, 0.25) is 5.91 Å².